The number of nitrogens with zero attached hydrogens (tertiary/aromatic N) is 1. The Morgan fingerprint density at radius 1 is 1.25 bits per heavy atom. The molecule has 1 N–H and O–H groups in total. The summed E-state index contributed by atoms with van der Waals surface area (Å²) in [5, 5.41) is 4.36. The predicted molar refractivity (Wildman–Crippen MR) is 77.3 cm³/mol. The number of likely N-dealkylation sites (N-methyl/N-ethyl adjacent to an activating group) is 1. The van der Waals surface area contributed by atoms with Crippen molar-refractivity contribution in [2.24, 2.45) is 0 Å². The Labute approximate surface area is 117 Å². The van der Waals surface area contributed by atoms with E-state index >= 15 is 0 Å². The summed E-state index contributed by atoms with van der Waals surface area (Å²) >= 11 is 0. The highest BCUT2D eigenvalue weighted by molar-refractivity contribution is 6.07. The highest BCUT2D eigenvalue weighted by atomic mass is 19.1. The van der Waals surface area contributed by atoms with Crippen molar-refractivity contribution in [3.63, 3.8) is 0 Å². The Kier molecular flexibility index (Phi) is 3.40. The van der Waals surface area contributed by atoms with E-state index in [9.17, 15) is 9.18 Å². The standard InChI is InChI=1S/C16H17FN2O/c1-2-19(11-9-18-10-11)16(20)14-7-8-15(17)13-6-4-3-5-12(13)14/h3-8,11,18H,2,9-10H2,1H3. The van der Waals surface area contributed by atoms with Crippen LogP contribution in [0.2, 0.25) is 0 Å². The number of fused-ring (bicyclic) bond motifs is 1. The predicted octanol–water partition coefficient (Wildman–Crippen LogP) is 2.41. The molecule has 0 atom stereocenters. The number of carbonyl (C=O) groups is 1. The van der Waals surface area contributed by atoms with Gasteiger partial charge in [-0.25, -0.2) is 4.39 Å². The Balaban J connectivity index is 2.05. The molecule has 104 valence electrons. The van der Waals surface area contributed by atoms with Crippen molar-refractivity contribution >= 4 is 16.7 Å². The van der Waals surface area contributed by atoms with Gasteiger partial charge in [-0.2, -0.15) is 0 Å². The summed E-state index contributed by atoms with van der Waals surface area (Å²) in [6, 6.07) is 10.3. The Bertz CT molecular complexity index is 652. The third kappa shape index (κ3) is 2.06. The van der Waals surface area contributed by atoms with Gasteiger partial charge in [-0.05, 0) is 24.4 Å². The number of hydrogen-bond donors (Lipinski definition) is 1. The molecule has 0 aliphatic carbocycles. The second kappa shape index (κ2) is 5.21. The highest BCUT2D eigenvalue weighted by Crippen LogP contribution is 2.24. The van der Waals surface area contributed by atoms with Crippen molar-refractivity contribution in [3.8, 4) is 0 Å². The molecule has 0 spiro atoms. The SMILES string of the molecule is CCN(C(=O)c1ccc(F)c2ccccc12)C1CNC1. The lowest BCUT2D eigenvalue weighted by atomic mass is 10.0. The van der Waals surface area contributed by atoms with Crippen LogP contribution in [0.3, 0.4) is 0 Å². The maximum absolute atomic E-state index is 13.8. The Hall–Kier alpha value is -1.94. The fourth-order valence-corrected chi connectivity index (χ4v) is 2.66. The molecule has 1 amide bonds. The number of amides is 1. The summed E-state index contributed by atoms with van der Waals surface area (Å²) in [5.74, 6) is -0.305. The molecular formula is C16H17FN2O. The second-order valence-corrected chi connectivity index (χ2v) is 5.04. The molecule has 1 aliphatic heterocycles. The van der Waals surface area contributed by atoms with E-state index < -0.39 is 0 Å². The van der Waals surface area contributed by atoms with Gasteiger partial charge in [0.2, 0.25) is 0 Å². The second-order valence-electron chi connectivity index (χ2n) is 5.04. The summed E-state index contributed by atoms with van der Waals surface area (Å²) in [5.41, 5.74) is 0.579. The van der Waals surface area contributed by atoms with E-state index in [2.05, 4.69) is 5.32 Å². The average Bonchev–Trinajstić information content (AvgIpc) is 2.42. The van der Waals surface area contributed by atoms with Gasteiger partial charge in [0.1, 0.15) is 5.82 Å². The molecule has 0 aromatic heterocycles. The molecule has 1 heterocycles. The molecule has 0 bridgehead atoms. The Morgan fingerprint density at radius 2 is 1.95 bits per heavy atom. The van der Waals surface area contributed by atoms with Crippen LogP contribution in [0.15, 0.2) is 36.4 Å². The molecule has 3 nitrogen and oxygen atoms in total. The topological polar surface area (TPSA) is 32.3 Å². The third-order valence-corrected chi connectivity index (χ3v) is 3.90. The maximum Gasteiger partial charge on any atom is 0.254 e. The quantitative estimate of drug-likeness (QED) is 0.930. The zero-order valence-corrected chi connectivity index (χ0v) is 11.4. The van der Waals surface area contributed by atoms with Gasteiger partial charge in [0, 0.05) is 30.6 Å². The van der Waals surface area contributed by atoms with Gasteiger partial charge in [0.25, 0.3) is 5.91 Å². The van der Waals surface area contributed by atoms with Gasteiger partial charge < -0.3 is 10.2 Å². The van der Waals surface area contributed by atoms with Crippen LogP contribution in [-0.2, 0) is 0 Å². The van der Waals surface area contributed by atoms with Crippen molar-refractivity contribution in [1.82, 2.24) is 10.2 Å². The molecule has 0 saturated carbocycles. The molecule has 0 radical (unpaired) electrons. The number of carbonyl (C=O) groups excluding carboxylic acids is 1. The molecule has 0 unspecified atom stereocenters. The van der Waals surface area contributed by atoms with Crippen molar-refractivity contribution in [2.45, 2.75) is 13.0 Å². The first-order valence-corrected chi connectivity index (χ1v) is 6.91. The van der Waals surface area contributed by atoms with E-state index in [0.717, 1.165) is 13.1 Å². The monoisotopic (exact) mass is 272 g/mol. The molecule has 3 rings (SSSR count). The van der Waals surface area contributed by atoms with Crippen LogP contribution in [0.25, 0.3) is 10.8 Å². The first-order chi connectivity index (χ1) is 9.72. The fourth-order valence-electron chi connectivity index (χ4n) is 2.66. The normalized spacial score (nSPS) is 15.1. The highest BCUT2D eigenvalue weighted by Gasteiger charge is 2.28. The first kappa shape index (κ1) is 13.1. The zero-order chi connectivity index (χ0) is 14.1. The summed E-state index contributed by atoms with van der Waals surface area (Å²) in [6.07, 6.45) is 0. The summed E-state index contributed by atoms with van der Waals surface area (Å²) in [6.45, 7) is 4.30. The van der Waals surface area contributed by atoms with Crippen LogP contribution in [-0.4, -0.2) is 36.5 Å². The van der Waals surface area contributed by atoms with E-state index in [4.69, 9.17) is 0 Å². The smallest absolute Gasteiger partial charge is 0.254 e. The summed E-state index contributed by atoms with van der Waals surface area (Å²) in [7, 11) is 0. The number of hydrogen-bond acceptors (Lipinski definition) is 2. The lowest BCUT2D eigenvalue weighted by Crippen LogP contribution is -2.58. The van der Waals surface area contributed by atoms with Crippen LogP contribution in [0.4, 0.5) is 4.39 Å². The molecule has 2 aromatic carbocycles. The first-order valence-electron chi connectivity index (χ1n) is 6.91. The van der Waals surface area contributed by atoms with Gasteiger partial charge >= 0.3 is 0 Å². The molecule has 1 fully saturated rings. The van der Waals surface area contributed by atoms with Crippen molar-refractivity contribution in [1.29, 1.82) is 0 Å². The summed E-state index contributed by atoms with van der Waals surface area (Å²) in [4.78, 5) is 14.6. The lowest BCUT2D eigenvalue weighted by Gasteiger charge is -2.37. The van der Waals surface area contributed by atoms with Crippen LogP contribution < -0.4 is 5.32 Å². The lowest BCUT2D eigenvalue weighted by molar-refractivity contribution is 0.0632. The van der Waals surface area contributed by atoms with Gasteiger partial charge in [0.15, 0.2) is 0 Å². The number of nitrogens with one attached hydrogen (secondary N) is 1. The van der Waals surface area contributed by atoms with Crippen LogP contribution in [0.1, 0.15) is 17.3 Å². The van der Waals surface area contributed by atoms with E-state index in [1.54, 1.807) is 24.3 Å². The minimum Gasteiger partial charge on any atom is -0.333 e. The van der Waals surface area contributed by atoms with E-state index in [1.807, 2.05) is 17.9 Å². The van der Waals surface area contributed by atoms with E-state index in [1.165, 1.54) is 6.07 Å². The fraction of sp³-hybridized carbons (Fsp3) is 0.312. The van der Waals surface area contributed by atoms with Crippen molar-refractivity contribution < 1.29 is 9.18 Å². The number of halogens is 1. The van der Waals surface area contributed by atoms with Gasteiger partial charge in [-0.1, -0.05) is 24.3 Å². The van der Waals surface area contributed by atoms with E-state index in [0.29, 0.717) is 22.9 Å². The van der Waals surface area contributed by atoms with Crippen LogP contribution in [0.5, 0.6) is 0 Å². The number of benzene rings is 2. The minimum atomic E-state index is -0.287. The Morgan fingerprint density at radius 3 is 2.55 bits per heavy atom. The maximum atomic E-state index is 13.8. The van der Waals surface area contributed by atoms with Gasteiger partial charge in [-0.15, -0.1) is 0 Å². The van der Waals surface area contributed by atoms with Crippen molar-refractivity contribution in [3.05, 3.63) is 47.8 Å². The number of rotatable bonds is 3. The van der Waals surface area contributed by atoms with Crippen LogP contribution >= 0.6 is 0 Å². The largest absolute Gasteiger partial charge is 0.333 e. The zero-order valence-electron chi connectivity index (χ0n) is 11.4. The van der Waals surface area contributed by atoms with Gasteiger partial charge in [-0.3, -0.25) is 4.79 Å². The van der Waals surface area contributed by atoms with Crippen LogP contribution in [0, 0.1) is 5.82 Å². The van der Waals surface area contributed by atoms with Gasteiger partial charge in [0.05, 0.1) is 6.04 Å². The minimum absolute atomic E-state index is 0.0183. The average molecular weight is 272 g/mol. The summed E-state index contributed by atoms with van der Waals surface area (Å²) < 4.78 is 13.8. The molecule has 20 heavy (non-hydrogen) atoms. The van der Waals surface area contributed by atoms with Crippen molar-refractivity contribution in [2.75, 3.05) is 19.6 Å². The molecule has 4 heteroatoms. The molecular weight excluding hydrogens is 255 g/mol. The third-order valence-electron chi connectivity index (χ3n) is 3.90. The molecule has 1 saturated heterocycles. The van der Waals surface area contributed by atoms with E-state index in [-0.39, 0.29) is 17.8 Å². The molecule has 1 aliphatic rings. The molecule has 2 aromatic rings.